The van der Waals surface area contributed by atoms with Crippen LogP contribution in [0.1, 0.15) is 30.5 Å². The quantitative estimate of drug-likeness (QED) is 0.722. The SMILES string of the molecule is COc1ccc(CC(=O)NCc2ccccc2CN2CC(C)OC(C)C2)c(OC)c1. The summed E-state index contributed by atoms with van der Waals surface area (Å²) >= 11 is 0. The fourth-order valence-corrected chi connectivity index (χ4v) is 3.97. The molecule has 0 radical (unpaired) electrons. The Morgan fingerprint density at radius 2 is 1.73 bits per heavy atom. The maximum absolute atomic E-state index is 12.6. The van der Waals surface area contributed by atoms with Crippen molar-refractivity contribution in [2.45, 2.75) is 45.6 Å². The monoisotopic (exact) mass is 412 g/mol. The van der Waals surface area contributed by atoms with Gasteiger partial charge in [0.1, 0.15) is 11.5 Å². The van der Waals surface area contributed by atoms with Crippen molar-refractivity contribution < 1.29 is 19.0 Å². The maximum Gasteiger partial charge on any atom is 0.224 e. The molecule has 6 heteroatoms. The number of methoxy groups -OCH3 is 2. The average molecular weight is 413 g/mol. The van der Waals surface area contributed by atoms with Gasteiger partial charge >= 0.3 is 0 Å². The van der Waals surface area contributed by atoms with Crippen LogP contribution in [-0.4, -0.2) is 50.3 Å². The summed E-state index contributed by atoms with van der Waals surface area (Å²) in [7, 11) is 3.20. The van der Waals surface area contributed by atoms with Crippen molar-refractivity contribution in [1.82, 2.24) is 10.2 Å². The third-order valence-corrected chi connectivity index (χ3v) is 5.33. The van der Waals surface area contributed by atoms with Crippen molar-refractivity contribution in [1.29, 1.82) is 0 Å². The van der Waals surface area contributed by atoms with Crippen molar-refractivity contribution in [3.05, 3.63) is 59.2 Å². The van der Waals surface area contributed by atoms with Crippen molar-refractivity contribution >= 4 is 5.91 Å². The van der Waals surface area contributed by atoms with Crippen molar-refractivity contribution in [3.8, 4) is 11.5 Å². The van der Waals surface area contributed by atoms with E-state index in [0.717, 1.165) is 30.8 Å². The fourth-order valence-electron chi connectivity index (χ4n) is 3.97. The van der Waals surface area contributed by atoms with Crippen LogP contribution in [0.15, 0.2) is 42.5 Å². The molecule has 6 nitrogen and oxygen atoms in total. The van der Waals surface area contributed by atoms with E-state index < -0.39 is 0 Å². The number of morpholine rings is 1. The minimum absolute atomic E-state index is 0.0399. The molecule has 1 fully saturated rings. The zero-order valence-corrected chi connectivity index (χ0v) is 18.3. The molecule has 2 aromatic carbocycles. The molecule has 162 valence electrons. The minimum atomic E-state index is -0.0399. The minimum Gasteiger partial charge on any atom is -0.497 e. The van der Waals surface area contributed by atoms with Gasteiger partial charge in [0.05, 0.1) is 32.8 Å². The van der Waals surface area contributed by atoms with Crippen LogP contribution < -0.4 is 14.8 Å². The molecule has 1 N–H and O–H groups in total. The molecule has 0 aliphatic carbocycles. The Morgan fingerprint density at radius 3 is 2.40 bits per heavy atom. The van der Waals surface area contributed by atoms with Gasteiger partial charge in [0.2, 0.25) is 5.91 Å². The Bertz CT molecular complexity index is 845. The molecule has 2 aromatic rings. The van der Waals surface area contributed by atoms with Crippen LogP contribution in [0.2, 0.25) is 0 Å². The largest absolute Gasteiger partial charge is 0.497 e. The smallest absolute Gasteiger partial charge is 0.224 e. The van der Waals surface area contributed by atoms with E-state index in [1.165, 1.54) is 5.56 Å². The lowest BCUT2D eigenvalue weighted by Gasteiger charge is -2.35. The van der Waals surface area contributed by atoms with Crippen molar-refractivity contribution in [3.63, 3.8) is 0 Å². The van der Waals surface area contributed by atoms with E-state index >= 15 is 0 Å². The second-order valence-corrected chi connectivity index (χ2v) is 7.85. The van der Waals surface area contributed by atoms with Gasteiger partial charge in [0.15, 0.2) is 0 Å². The second-order valence-electron chi connectivity index (χ2n) is 7.85. The van der Waals surface area contributed by atoms with Gasteiger partial charge < -0.3 is 19.5 Å². The third kappa shape index (κ3) is 5.97. The standard InChI is InChI=1S/C24H32N2O4/c1-17-14-26(15-18(2)30-17)16-21-8-6-5-7-20(21)13-25-24(27)11-19-9-10-22(28-3)12-23(19)29-4/h5-10,12,17-18H,11,13-16H2,1-4H3,(H,25,27). The van der Waals surface area contributed by atoms with E-state index in [4.69, 9.17) is 14.2 Å². The summed E-state index contributed by atoms with van der Waals surface area (Å²) in [6, 6.07) is 13.8. The lowest BCUT2D eigenvalue weighted by Crippen LogP contribution is -2.45. The van der Waals surface area contributed by atoms with Gasteiger partial charge in [-0.2, -0.15) is 0 Å². The predicted octanol–water partition coefficient (Wildman–Crippen LogP) is 3.17. The van der Waals surface area contributed by atoms with Crippen molar-refractivity contribution in [2.75, 3.05) is 27.3 Å². The van der Waals surface area contributed by atoms with E-state index in [9.17, 15) is 4.79 Å². The van der Waals surface area contributed by atoms with Crippen LogP contribution >= 0.6 is 0 Å². The first-order valence-corrected chi connectivity index (χ1v) is 10.4. The summed E-state index contributed by atoms with van der Waals surface area (Å²) in [6.45, 7) is 7.42. The number of hydrogen-bond donors (Lipinski definition) is 1. The van der Waals surface area contributed by atoms with E-state index in [2.05, 4.69) is 42.3 Å². The summed E-state index contributed by atoms with van der Waals surface area (Å²) < 4.78 is 16.5. The second kappa shape index (κ2) is 10.5. The molecule has 3 rings (SSSR count). The molecule has 0 saturated carbocycles. The molecule has 1 aliphatic rings. The number of rotatable bonds is 8. The van der Waals surface area contributed by atoms with Crippen LogP contribution in [0.25, 0.3) is 0 Å². The van der Waals surface area contributed by atoms with E-state index in [-0.39, 0.29) is 24.5 Å². The molecule has 2 unspecified atom stereocenters. The van der Waals surface area contributed by atoms with Gasteiger partial charge in [-0.05, 0) is 31.0 Å². The molecular formula is C24H32N2O4. The number of amides is 1. The highest BCUT2D eigenvalue weighted by Crippen LogP contribution is 2.25. The first-order chi connectivity index (χ1) is 14.5. The molecule has 0 aromatic heterocycles. The molecule has 1 amide bonds. The lowest BCUT2D eigenvalue weighted by molar-refractivity contribution is -0.120. The van der Waals surface area contributed by atoms with Crippen molar-refractivity contribution in [2.24, 2.45) is 0 Å². The Hall–Kier alpha value is -2.57. The molecule has 2 atom stereocenters. The maximum atomic E-state index is 12.6. The van der Waals surface area contributed by atoms with Gasteiger partial charge in [0, 0.05) is 37.8 Å². The molecule has 1 heterocycles. The molecule has 0 spiro atoms. The molecule has 0 bridgehead atoms. The Kier molecular flexibility index (Phi) is 7.71. The average Bonchev–Trinajstić information content (AvgIpc) is 2.72. The summed E-state index contributed by atoms with van der Waals surface area (Å²) in [4.78, 5) is 15.0. The van der Waals surface area contributed by atoms with Gasteiger partial charge in [-0.1, -0.05) is 30.3 Å². The topological polar surface area (TPSA) is 60.0 Å². The number of benzene rings is 2. The van der Waals surface area contributed by atoms with Gasteiger partial charge in [-0.15, -0.1) is 0 Å². The summed E-state index contributed by atoms with van der Waals surface area (Å²) in [5.41, 5.74) is 3.21. The van der Waals surface area contributed by atoms with Gasteiger partial charge in [-0.3, -0.25) is 9.69 Å². The highest BCUT2D eigenvalue weighted by molar-refractivity contribution is 5.79. The van der Waals surface area contributed by atoms with Crippen LogP contribution in [0, 0.1) is 0 Å². The number of nitrogens with one attached hydrogen (secondary N) is 1. The highest BCUT2D eigenvalue weighted by atomic mass is 16.5. The third-order valence-electron chi connectivity index (χ3n) is 5.33. The molecular weight excluding hydrogens is 380 g/mol. The number of hydrogen-bond acceptors (Lipinski definition) is 5. The van der Waals surface area contributed by atoms with Crippen LogP contribution in [0.3, 0.4) is 0 Å². The first kappa shape index (κ1) is 22.1. The zero-order valence-electron chi connectivity index (χ0n) is 18.3. The Morgan fingerprint density at radius 1 is 1.03 bits per heavy atom. The fraction of sp³-hybridized carbons (Fsp3) is 0.458. The number of carbonyl (C=O) groups is 1. The van der Waals surface area contributed by atoms with Gasteiger partial charge in [-0.25, -0.2) is 0 Å². The van der Waals surface area contributed by atoms with Crippen LogP contribution in [0.5, 0.6) is 11.5 Å². The van der Waals surface area contributed by atoms with Crippen LogP contribution in [0.4, 0.5) is 0 Å². The molecule has 30 heavy (non-hydrogen) atoms. The Labute approximate surface area is 179 Å². The summed E-state index contributed by atoms with van der Waals surface area (Å²) in [5, 5.41) is 3.05. The number of nitrogens with zero attached hydrogens (tertiary/aromatic N) is 1. The predicted molar refractivity (Wildman–Crippen MR) is 117 cm³/mol. The zero-order chi connectivity index (χ0) is 21.5. The number of ether oxygens (including phenoxy) is 3. The lowest BCUT2D eigenvalue weighted by atomic mass is 10.1. The van der Waals surface area contributed by atoms with Gasteiger partial charge in [0.25, 0.3) is 0 Å². The molecule has 1 aliphatic heterocycles. The van der Waals surface area contributed by atoms with E-state index in [1.807, 2.05) is 18.2 Å². The summed E-state index contributed by atoms with van der Waals surface area (Å²) in [5.74, 6) is 1.32. The molecule has 1 saturated heterocycles. The van der Waals surface area contributed by atoms with E-state index in [1.54, 1.807) is 20.3 Å². The van der Waals surface area contributed by atoms with E-state index in [0.29, 0.717) is 18.0 Å². The first-order valence-electron chi connectivity index (χ1n) is 10.4. The Balaban J connectivity index is 1.60. The normalized spacial score (nSPS) is 19.3. The number of carbonyl (C=O) groups excluding carboxylic acids is 1. The van der Waals surface area contributed by atoms with Crippen LogP contribution in [-0.2, 0) is 29.0 Å². The summed E-state index contributed by atoms with van der Waals surface area (Å²) in [6.07, 6.45) is 0.730. The highest BCUT2D eigenvalue weighted by Gasteiger charge is 2.22.